The molecule has 0 amide bonds. The topological polar surface area (TPSA) is 29.5 Å². The van der Waals surface area contributed by atoms with Crippen LogP contribution < -0.4 is 0 Å². The highest BCUT2D eigenvalue weighted by Crippen LogP contribution is 2.68. The third-order valence-electron chi connectivity index (χ3n) is 11.7. The van der Waals surface area contributed by atoms with Gasteiger partial charge >= 0.3 is 5.97 Å². The molecule has 1 saturated heterocycles. The van der Waals surface area contributed by atoms with Crippen LogP contribution in [0.3, 0.4) is 0 Å². The number of ether oxygens (including phenoxy) is 1. The van der Waals surface area contributed by atoms with E-state index in [0.29, 0.717) is 23.4 Å². The van der Waals surface area contributed by atoms with E-state index in [1.54, 1.807) is 0 Å². The third kappa shape index (κ3) is 3.94. The molecule has 0 unspecified atom stereocenters. The van der Waals surface area contributed by atoms with E-state index in [2.05, 4.69) is 30.5 Å². The van der Waals surface area contributed by atoms with Gasteiger partial charge < -0.3 is 9.64 Å². The van der Waals surface area contributed by atoms with E-state index in [-0.39, 0.29) is 5.97 Å². The average Bonchev–Trinajstić information content (AvgIpc) is 3.53. The number of carbonyl (C=O) groups excluding carboxylic acids is 1. The van der Waals surface area contributed by atoms with Crippen LogP contribution in [0, 0.1) is 40.4 Å². The molecular weight excluding hydrogens is 426 g/mol. The largest absolute Gasteiger partial charge is 0.458 e. The van der Waals surface area contributed by atoms with Crippen molar-refractivity contribution in [1.82, 2.24) is 4.90 Å². The van der Waals surface area contributed by atoms with Gasteiger partial charge in [0.05, 0.1) is 0 Å². The molecule has 4 heteroatoms. The Kier molecular flexibility index (Phi) is 6.17. The summed E-state index contributed by atoms with van der Waals surface area (Å²) < 4.78 is 5.33. The molecule has 33 heavy (non-hydrogen) atoms. The normalized spacial score (nSPS) is 47.6. The third-order valence-corrected chi connectivity index (χ3v) is 13.0. The van der Waals surface area contributed by atoms with Crippen molar-refractivity contribution >= 4 is 17.7 Å². The van der Waals surface area contributed by atoms with Gasteiger partial charge in [0.25, 0.3) is 0 Å². The number of hydrogen-bond acceptors (Lipinski definition) is 4. The second kappa shape index (κ2) is 8.87. The Morgan fingerprint density at radius 1 is 1.00 bits per heavy atom. The number of nitrogens with zero attached hydrogens (tertiary/aromatic N) is 1. The molecule has 0 aromatic heterocycles. The van der Waals surface area contributed by atoms with E-state index in [1.807, 2.05) is 6.08 Å². The molecule has 6 rings (SSSR count). The zero-order valence-electron chi connectivity index (χ0n) is 21.0. The molecule has 3 nitrogen and oxygen atoms in total. The fourth-order valence-corrected chi connectivity index (χ4v) is 11.3. The van der Waals surface area contributed by atoms with Crippen molar-refractivity contribution in [2.45, 2.75) is 89.7 Å². The van der Waals surface area contributed by atoms with Crippen molar-refractivity contribution in [1.29, 1.82) is 0 Å². The van der Waals surface area contributed by atoms with Gasteiger partial charge in [-0.25, -0.2) is 4.79 Å². The molecule has 5 fully saturated rings. The predicted octanol–water partition coefficient (Wildman–Crippen LogP) is 6.33. The Bertz CT molecular complexity index is 790. The molecule has 6 aliphatic rings. The van der Waals surface area contributed by atoms with Crippen molar-refractivity contribution in [3.63, 3.8) is 0 Å². The summed E-state index contributed by atoms with van der Waals surface area (Å²) in [4.78, 5) is 14.4. The number of fused-ring (bicyclic) bond motifs is 5. The van der Waals surface area contributed by atoms with Crippen LogP contribution in [0.2, 0.25) is 0 Å². The Morgan fingerprint density at radius 2 is 1.79 bits per heavy atom. The molecule has 2 aliphatic heterocycles. The molecule has 0 bridgehead atoms. The SMILES string of the molecule is C[C@]12CC[C@H](SCCN3CCCC3)C[C@@H]1CC[C@@H]1[C@@H]2CC[C@]2(C)[C@@H](C3=CC(=O)OC3)CC[C@@H]12. The molecule has 0 spiro atoms. The van der Waals surface area contributed by atoms with Gasteiger partial charge in [0.2, 0.25) is 0 Å². The van der Waals surface area contributed by atoms with E-state index in [1.165, 1.54) is 102 Å². The van der Waals surface area contributed by atoms with Crippen LogP contribution in [0.25, 0.3) is 0 Å². The molecule has 184 valence electrons. The second-order valence-electron chi connectivity index (χ2n) is 13.0. The standard InChI is InChI=1S/C29H45NO2S/c1-28-11-9-22(33-16-15-30-13-3-4-14-30)18-21(28)5-6-23-25-8-7-24(20-17-27(31)32-19-20)29(25,2)12-10-26(23)28/h17,21-26H,3-16,18-19H2,1-2H3/t21-,22-,23-,24+,25-,26-,28-,29+/m0/s1. The first-order chi connectivity index (χ1) is 16.0. The quantitative estimate of drug-likeness (QED) is 0.438. The van der Waals surface area contributed by atoms with Crippen molar-refractivity contribution in [3.05, 3.63) is 11.6 Å². The summed E-state index contributed by atoms with van der Waals surface area (Å²) in [5, 5.41) is 0.916. The fourth-order valence-electron chi connectivity index (χ4n) is 9.92. The van der Waals surface area contributed by atoms with Crippen LogP contribution in [-0.2, 0) is 9.53 Å². The molecule has 0 N–H and O–H groups in total. The van der Waals surface area contributed by atoms with E-state index < -0.39 is 0 Å². The van der Waals surface area contributed by atoms with Crippen LogP contribution >= 0.6 is 11.8 Å². The maximum atomic E-state index is 11.8. The summed E-state index contributed by atoms with van der Waals surface area (Å²) in [6.45, 7) is 9.87. The number of esters is 1. The highest BCUT2D eigenvalue weighted by atomic mass is 32.2. The minimum Gasteiger partial charge on any atom is -0.458 e. The van der Waals surface area contributed by atoms with Gasteiger partial charge in [-0.05, 0) is 130 Å². The molecule has 8 atom stereocenters. The molecular formula is C29H45NO2S. The molecule has 4 saturated carbocycles. The molecule has 0 aromatic rings. The van der Waals surface area contributed by atoms with Gasteiger partial charge in [-0.2, -0.15) is 11.8 Å². The number of rotatable bonds is 5. The summed E-state index contributed by atoms with van der Waals surface area (Å²) >= 11 is 2.31. The Balaban J connectivity index is 1.10. The highest BCUT2D eigenvalue weighted by molar-refractivity contribution is 7.99. The van der Waals surface area contributed by atoms with Gasteiger partial charge in [-0.1, -0.05) is 13.8 Å². The maximum Gasteiger partial charge on any atom is 0.331 e. The van der Waals surface area contributed by atoms with Crippen molar-refractivity contribution in [2.75, 3.05) is 32.0 Å². The van der Waals surface area contributed by atoms with Crippen LogP contribution in [0.15, 0.2) is 11.6 Å². The zero-order chi connectivity index (χ0) is 22.6. The average molecular weight is 472 g/mol. The summed E-state index contributed by atoms with van der Waals surface area (Å²) in [7, 11) is 0. The minimum absolute atomic E-state index is 0.103. The first-order valence-corrected chi connectivity index (χ1v) is 15.2. The van der Waals surface area contributed by atoms with Crippen molar-refractivity contribution in [3.8, 4) is 0 Å². The number of cyclic esters (lactones) is 1. The number of thioether (sulfide) groups is 1. The Labute approximate surface area is 205 Å². The van der Waals surface area contributed by atoms with Gasteiger partial charge in [0.1, 0.15) is 6.61 Å². The molecule has 4 aliphatic carbocycles. The summed E-state index contributed by atoms with van der Waals surface area (Å²) in [5.41, 5.74) is 2.29. The van der Waals surface area contributed by atoms with E-state index in [9.17, 15) is 4.79 Å². The van der Waals surface area contributed by atoms with Crippen LogP contribution in [0.5, 0.6) is 0 Å². The number of likely N-dealkylation sites (tertiary alicyclic amines) is 1. The highest BCUT2D eigenvalue weighted by Gasteiger charge is 2.60. The lowest BCUT2D eigenvalue weighted by molar-refractivity contribution is -0.135. The minimum atomic E-state index is -0.103. The lowest BCUT2D eigenvalue weighted by Gasteiger charge is -2.61. The lowest BCUT2D eigenvalue weighted by atomic mass is 9.44. The Morgan fingerprint density at radius 3 is 2.58 bits per heavy atom. The van der Waals surface area contributed by atoms with Gasteiger partial charge in [-0.15, -0.1) is 0 Å². The first kappa shape index (κ1) is 23.0. The van der Waals surface area contributed by atoms with Crippen LogP contribution in [-0.4, -0.2) is 48.1 Å². The molecule has 0 radical (unpaired) electrons. The zero-order valence-corrected chi connectivity index (χ0v) is 21.8. The number of hydrogen-bond donors (Lipinski definition) is 0. The van der Waals surface area contributed by atoms with E-state index >= 15 is 0 Å². The molecule has 0 aromatic carbocycles. The van der Waals surface area contributed by atoms with E-state index in [4.69, 9.17) is 4.74 Å². The fraction of sp³-hybridized carbons (Fsp3) is 0.897. The summed E-state index contributed by atoms with van der Waals surface area (Å²) in [5.74, 6) is 5.53. The molecule has 2 heterocycles. The lowest BCUT2D eigenvalue weighted by Crippen LogP contribution is -2.53. The van der Waals surface area contributed by atoms with E-state index in [0.717, 1.165) is 28.9 Å². The van der Waals surface area contributed by atoms with Gasteiger partial charge in [0.15, 0.2) is 0 Å². The summed E-state index contributed by atoms with van der Waals surface area (Å²) in [6.07, 6.45) is 17.5. The number of carbonyl (C=O) groups is 1. The first-order valence-electron chi connectivity index (χ1n) is 14.2. The smallest absolute Gasteiger partial charge is 0.331 e. The monoisotopic (exact) mass is 471 g/mol. The van der Waals surface area contributed by atoms with Crippen LogP contribution in [0.4, 0.5) is 0 Å². The van der Waals surface area contributed by atoms with Crippen molar-refractivity contribution in [2.24, 2.45) is 40.4 Å². The Hall–Kier alpha value is -0.480. The maximum absolute atomic E-state index is 11.8. The predicted molar refractivity (Wildman–Crippen MR) is 136 cm³/mol. The van der Waals surface area contributed by atoms with Gasteiger partial charge in [0, 0.05) is 23.6 Å². The van der Waals surface area contributed by atoms with Gasteiger partial charge in [-0.3, -0.25) is 0 Å². The summed E-state index contributed by atoms with van der Waals surface area (Å²) in [6, 6.07) is 0. The van der Waals surface area contributed by atoms with Crippen LogP contribution in [0.1, 0.15) is 84.5 Å². The second-order valence-corrected chi connectivity index (χ2v) is 14.4. The van der Waals surface area contributed by atoms with Crippen molar-refractivity contribution < 1.29 is 9.53 Å².